The molecule has 0 unspecified atom stereocenters. The van der Waals surface area contributed by atoms with Crippen LogP contribution in [0.3, 0.4) is 0 Å². The third-order valence-corrected chi connectivity index (χ3v) is 3.19. The summed E-state index contributed by atoms with van der Waals surface area (Å²) in [4.78, 5) is 10.6. The molecular formula is C10H9NOS. The van der Waals surface area contributed by atoms with Crippen LogP contribution in [0.1, 0.15) is 15.9 Å². The third kappa shape index (κ3) is 1.12. The van der Waals surface area contributed by atoms with E-state index in [4.69, 9.17) is 5.73 Å². The number of benzene rings is 1. The van der Waals surface area contributed by atoms with Crippen LogP contribution >= 0.6 is 11.3 Å². The number of fused-ring (bicyclic) bond motifs is 1. The van der Waals surface area contributed by atoms with Gasteiger partial charge in [-0.3, -0.25) is 4.79 Å². The number of carbonyl (C=O) groups is 1. The lowest BCUT2D eigenvalue weighted by Crippen LogP contribution is -1.93. The molecule has 0 atom stereocenters. The molecule has 2 rings (SSSR count). The van der Waals surface area contributed by atoms with E-state index in [1.54, 1.807) is 17.4 Å². The molecule has 13 heavy (non-hydrogen) atoms. The topological polar surface area (TPSA) is 43.1 Å². The molecule has 0 aliphatic heterocycles. The van der Waals surface area contributed by atoms with Gasteiger partial charge in [0.2, 0.25) is 0 Å². The fourth-order valence-electron chi connectivity index (χ4n) is 1.43. The van der Waals surface area contributed by atoms with Crippen LogP contribution in [-0.2, 0) is 0 Å². The summed E-state index contributed by atoms with van der Waals surface area (Å²) in [6, 6.07) is 3.70. The minimum atomic E-state index is 0.578. The van der Waals surface area contributed by atoms with Crippen molar-refractivity contribution in [3.63, 3.8) is 0 Å². The first kappa shape index (κ1) is 8.26. The van der Waals surface area contributed by atoms with Crippen molar-refractivity contribution >= 4 is 33.4 Å². The highest BCUT2D eigenvalue weighted by Crippen LogP contribution is 2.31. The molecule has 0 bridgehead atoms. The summed E-state index contributed by atoms with van der Waals surface area (Å²) in [5.74, 6) is 0. The molecule has 0 aliphatic rings. The number of aldehydes is 1. The molecule has 2 aromatic rings. The average molecular weight is 191 g/mol. The first-order valence-corrected chi connectivity index (χ1v) is 4.83. The Morgan fingerprint density at radius 3 is 2.92 bits per heavy atom. The van der Waals surface area contributed by atoms with E-state index in [-0.39, 0.29) is 0 Å². The van der Waals surface area contributed by atoms with Crippen LogP contribution < -0.4 is 5.73 Å². The van der Waals surface area contributed by atoms with Gasteiger partial charge < -0.3 is 5.73 Å². The molecule has 0 saturated carbocycles. The van der Waals surface area contributed by atoms with Gasteiger partial charge in [0.05, 0.1) is 5.69 Å². The summed E-state index contributed by atoms with van der Waals surface area (Å²) in [5, 5.41) is 3.07. The maximum Gasteiger partial charge on any atom is 0.152 e. The Morgan fingerprint density at radius 1 is 1.46 bits per heavy atom. The zero-order valence-electron chi connectivity index (χ0n) is 7.20. The highest BCUT2D eigenvalue weighted by molar-refractivity contribution is 7.17. The summed E-state index contributed by atoms with van der Waals surface area (Å²) in [5.41, 5.74) is 8.17. The van der Waals surface area contributed by atoms with Crippen molar-refractivity contribution in [3.05, 3.63) is 28.6 Å². The lowest BCUT2D eigenvalue weighted by atomic mass is 10.1. The van der Waals surface area contributed by atoms with E-state index in [0.29, 0.717) is 11.3 Å². The fraction of sp³-hybridized carbons (Fsp3) is 0.100. The first-order valence-electron chi connectivity index (χ1n) is 3.95. The highest BCUT2D eigenvalue weighted by atomic mass is 32.1. The Bertz CT molecular complexity index is 473. The Morgan fingerprint density at radius 2 is 2.23 bits per heavy atom. The second kappa shape index (κ2) is 2.85. The number of carbonyl (C=O) groups excluding carboxylic acids is 1. The Labute approximate surface area is 80.0 Å². The van der Waals surface area contributed by atoms with Gasteiger partial charge in [-0.2, -0.15) is 0 Å². The molecule has 0 spiro atoms. The second-order valence-corrected chi connectivity index (χ2v) is 3.89. The first-order chi connectivity index (χ1) is 6.24. The van der Waals surface area contributed by atoms with Gasteiger partial charge in [-0.25, -0.2) is 0 Å². The van der Waals surface area contributed by atoms with E-state index in [0.717, 1.165) is 21.9 Å². The number of thiophene rings is 1. The summed E-state index contributed by atoms with van der Waals surface area (Å²) in [6.07, 6.45) is 0.797. The summed E-state index contributed by atoms with van der Waals surface area (Å²) < 4.78 is 1.14. The lowest BCUT2D eigenvalue weighted by molar-refractivity contribution is 0.112. The van der Waals surface area contributed by atoms with Gasteiger partial charge in [0.25, 0.3) is 0 Å². The summed E-state index contributed by atoms with van der Waals surface area (Å²) >= 11 is 1.65. The van der Waals surface area contributed by atoms with E-state index in [1.807, 2.05) is 13.0 Å². The third-order valence-electron chi connectivity index (χ3n) is 2.12. The van der Waals surface area contributed by atoms with Crippen molar-refractivity contribution in [3.8, 4) is 0 Å². The van der Waals surface area contributed by atoms with Gasteiger partial charge in [0.15, 0.2) is 6.29 Å². The molecule has 0 fully saturated rings. The largest absolute Gasteiger partial charge is 0.398 e. The van der Waals surface area contributed by atoms with E-state index < -0.39 is 0 Å². The number of hydrogen-bond acceptors (Lipinski definition) is 3. The summed E-state index contributed by atoms with van der Waals surface area (Å²) in [6.45, 7) is 2.00. The second-order valence-electron chi connectivity index (χ2n) is 2.98. The van der Waals surface area contributed by atoms with E-state index in [9.17, 15) is 4.79 Å². The zero-order valence-corrected chi connectivity index (χ0v) is 8.02. The van der Waals surface area contributed by atoms with E-state index in [1.165, 1.54) is 0 Å². The SMILES string of the molecule is Cc1csc2ccc(C=O)c(N)c12. The molecule has 0 amide bonds. The summed E-state index contributed by atoms with van der Waals surface area (Å²) in [7, 11) is 0. The van der Waals surface area contributed by atoms with Gasteiger partial charge in [-0.05, 0) is 30.0 Å². The van der Waals surface area contributed by atoms with Crippen LogP contribution in [-0.4, -0.2) is 6.29 Å². The lowest BCUT2D eigenvalue weighted by Gasteiger charge is -2.00. The van der Waals surface area contributed by atoms with Crippen LogP contribution in [0.25, 0.3) is 10.1 Å². The molecule has 66 valence electrons. The number of aryl methyl sites for hydroxylation is 1. The Kier molecular flexibility index (Phi) is 1.81. The molecule has 0 aliphatic carbocycles. The predicted octanol–water partition coefficient (Wildman–Crippen LogP) is 2.60. The highest BCUT2D eigenvalue weighted by Gasteiger charge is 2.07. The smallest absolute Gasteiger partial charge is 0.152 e. The zero-order chi connectivity index (χ0) is 9.42. The van der Waals surface area contributed by atoms with Crippen LogP contribution in [0, 0.1) is 6.92 Å². The quantitative estimate of drug-likeness (QED) is 0.556. The monoisotopic (exact) mass is 191 g/mol. The van der Waals surface area contributed by atoms with Crippen LogP contribution in [0.5, 0.6) is 0 Å². The molecule has 2 N–H and O–H groups in total. The van der Waals surface area contributed by atoms with Gasteiger partial charge in [0, 0.05) is 15.6 Å². The molecule has 0 radical (unpaired) electrons. The average Bonchev–Trinajstić information content (AvgIpc) is 2.49. The fourth-order valence-corrected chi connectivity index (χ4v) is 2.39. The maximum absolute atomic E-state index is 10.6. The van der Waals surface area contributed by atoms with E-state index in [2.05, 4.69) is 5.38 Å². The molecule has 3 heteroatoms. The van der Waals surface area contributed by atoms with Gasteiger partial charge >= 0.3 is 0 Å². The predicted molar refractivity (Wildman–Crippen MR) is 56.4 cm³/mol. The minimum Gasteiger partial charge on any atom is -0.398 e. The van der Waals surface area contributed by atoms with Crippen molar-refractivity contribution in [1.82, 2.24) is 0 Å². The van der Waals surface area contributed by atoms with Crippen molar-refractivity contribution in [2.45, 2.75) is 6.92 Å². The van der Waals surface area contributed by atoms with E-state index >= 15 is 0 Å². The number of anilines is 1. The van der Waals surface area contributed by atoms with Crippen molar-refractivity contribution < 1.29 is 4.79 Å². The number of nitrogens with two attached hydrogens (primary N) is 1. The molecule has 1 heterocycles. The van der Waals surface area contributed by atoms with Crippen molar-refractivity contribution in [2.75, 3.05) is 5.73 Å². The molecule has 1 aromatic heterocycles. The van der Waals surface area contributed by atoms with Crippen LogP contribution in [0.15, 0.2) is 17.5 Å². The maximum atomic E-state index is 10.6. The minimum absolute atomic E-state index is 0.578. The standard InChI is InChI=1S/C10H9NOS/c1-6-5-13-8-3-2-7(4-12)10(11)9(6)8/h2-5H,11H2,1H3. The van der Waals surface area contributed by atoms with Gasteiger partial charge in [-0.15, -0.1) is 11.3 Å². The molecule has 0 saturated heterocycles. The number of rotatable bonds is 1. The van der Waals surface area contributed by atoms with Crippen molar-refractivity contribution in [1.29, 1.82) is 0 Å². The Balaban J connectivity index is 2.91. The van der Waals surface area contributed by atoms with Gasteiger partial charge in [0.1, 0.15) is 0 Å². The molecular weight excluding hydrogens is 182 g/mol. The molecule has 2 nitrogen and oxygen atoms in total. The van der Waals surface area contributed by atoms with Crippen LogP contribution in [0.2, 0.25) is 0 Å². The molecule has 1 aromatic carbocycles. The normalized spacial score (nSPS) is 10.5. The van der Waals surface area contributed by atoms with Crippen LogP contribution in [0.4, 0.5) is 5.69 Å². The number of nitrogen functional groups attached to an aromatic ring is 1. The van der Waals surface area contributed by atoms with Crippen molar-refractivity contribution in [2.24, 2.45) is 0 Å². The Hall–Kier alpha value is -1.35. The number of hydrogen-bond donors (Lipinski definition) is 1. The van der Waals surface area contributed by atoms with Gasteiger partial charge in [-0.1, -0.05) is 0 Å².